The lowest BCUT2D eigenvalue weighted by Crippen LogP contribution is -2.21. The fourth-order valence-corrected chi connectivity index (χ4v) is 5.23. The summed E-state index contributed by atoms with van der Waals surface area (Å²) in [5.41, 5.74) is 2.10. The zero-order valence-corrected chi connectivity index (χ0v) is 13.3. The zero-order chi connectivity index (χ0) is 12.9. The van der Waals surface area contributed by atoms with Gasteiger partial charge in [-0.1, -0.05) is 10.3 Å². The fraction of sp³-hybridized carbons (Fsp3) is 0. The molecule has 3 rings (SSSR count). The van der Waals surface area contributed by atoms with E-state index >= 15 is 0 Å². The standard InChI is InChI=1S/C10H4Br2N2O2S2/c11-5-1-3-7(13-15)8(14-16)4-2-6(12)18-10(4)9(3)17-5/h1-2,15-16H/b13-7+,14-8+. The molecule has 0 unspecified atom stereocenters. The first-order valence-electron chi connectivity index (χ1n) is 4.70. The molecule has 4 nitrogen and oxygen atoms in total. The van der Waals surface area contributed by atoms with Gasteiger partial charge < -0.3 is 10.4 Å². The Kier molecular flexibility index (Phi) is 3.05. The molecule has 0 amide bonds. The number of oxime groups is 2. The van der Waals surface area contributed by atoms with Crippen LogP contribution in [0.25, 0.3) is 9.75 Å². The Hall–Kier alpha value is -0.700. The summed E-state index contributed by atoms with van der Waals surface area (Å²) >= 11 is 9.96. The molecule has 0 atom stereocenters. The SMILES string of the molecule is O/N=C1/C(=N/O)c2cc(Br)sc2-c2sc(Br)cc21. The second-order valence-electron chi connectivity index (χ2n) is 3.48. The number of thiophene rings is 2. The molecule has 0 saturated heterocycles. The first-order chi connectivity index (χ1) is 8.65. The molecule has 0 aromatic carbocycles. The molecular formula is C10H4Br2N2O2S2. The molecule has 8 heteroatoms. The van der Waals surface area contributed by atoms with Crippen LogP contribution < -0.4 is 0 Å². The minimum atomic E-state index is 0.284. The number of halogens is 2. The van der Waals surface area contributed by atoms with E-state index in [9.17, 15) is 0 Å². The average Bonchev–Trinajstić information content (AvgIpc) is 2.89. The molecule has 0 radical (unpaired) electrons. The Bertz CT molecular complexity index is 643. The summed E-state index contributed by atoms with van der Waals surface area (Å²) < 4.78 is 1.87. The van der Waals surface area contributed by atoms with E-state index < -0.39 is 0 Å². The van der Waals surface area contributed by atoms with Crippen molar-refractivity contribution in [3.8, 4) is 9.75 Å². The summed E-state index contributed by atoms with van der Waals surface area (Å²) in [5.74, 6) is 0. The minimum absolute atomic E-state index is 0.284. The monoisotopic (exact) mass is 406 g/mol. The number of hydrogen-bond donors (Lipinski definition) is 2. The number of rotatable bonds is 0. The van der Waals surface area contributed by atoms with E-state index in [0.29, 0.717) is 0 Å². The van der Waals surface area contributed by atoms with Crippen molar-refractivity contribution in [2.75, 3.05) is 0 Å². The fourth-order valence-electron chi connectivity index (χ4n) is 1.87. The highest BCUT2D eigenvalue weighted by Crippen LogP contribution is 2.46. The van der Waals surface area contributed by atoms with E-state index in [1.54, 1.807) is 22.7 Å². The van der Waals surface area contributed by atoms with Gasteiger partial charge in [-0.25, -0.2) is 0 Å². The molecule has 0 saturated carbocycles. The van der Waals surface area contributed by atoms with E-state index in [-0.39, 0.29) is 11.4 Å². The van der Waals surface area contributed by atoms with Gasteiger partial charge in [0.25, 0.3) is 0 Å². The smallest absolute Gasteiger partial charge is 0.141 e. The predicted molar refractivity (Wildman–Crippen MR) is 79.7 cm³/mol. The van der Waals surface area contributed by atoms with Crippen LogP contribution in [0, 0.1) is 0 Å². The van der Waals surface area contributed by atoms with Crippen molar-refractivity contribution < 1.29 is 10.4 Å². The minimum Gasteiger partial charge on any atom is -0.410 e. The van der Waals surface area contributed by atoms with E-state index in [0.717, 1.165) is 28.5 Å². The van der Waals surface area contributed by atoms with Crippen LogP contribution in [0.4, 0.5) is 0 Å². The highest BCUT2D eigenvalue weighted by molar-refractivity contribution is 9.11. The topological polar surface area (TPSA) is 65.2 Å². The van der Waals surface area contributed by atoms with E-state index in [4.69, 9.17) is 10.4 Å². The third-order valence-corrected chi connectivity index (χ3v) is 5.99. The van der Waals surface area contributed by atoms with Gasteiger partial charge in [0.1, 0.15) is 11.4 Å². The zero-order valence-electron chi connectivity index (χ0n) is 8.52. The maximum Gasteiger partial charge on any atom is 0.141 e. The summed E-state index contributed by atoms with van der Waals surface area (Å²) in [5, 5.41) is 24.8. The molecule has 0 fully saturated rings. The Balaban J connectivity index is 2.41. The predicted octanol–water partition coefficient (Wildman–Crippen LogP) is 4.37. The van der Waals surface area contributed by atoms with Crippen molar-refractivity contribution >= 4 is 66.0 Å². The molecule has 2 heterocycles. The maximum atomic E-state index is 9.16. The quantitative estimate of drug-likeness (QED) is 0.502. The summed E-state index contributed by atoms with van der Waals surface area (Å²) in [6, 6.07) is 3.72. The Morgan fingerprint density at radius 3 is 1.56 bits per heavy atom. The molecule has 2 aromatic rings. The van der Waals surface area contributed by atoms with Gasteiger partial charge in [-0.3, -0.25) is 0 Å². The molecule has 18 heavy (non-hydrogen) atoms. The Morgan fingerprint density at radius 1 is 0.833 bits per heavy atom. The molecule has 2 N–H and O–H groups in total. The second kappa shape index (κ2) is 4.44. The summed E-state index contributed by atoms with van der Waals surface area (Å²) in [6.45, 7) is 0. The first kappa shape index (κ1) is 12.3. The largest absolute Gasteiger partial charge is 0.410 e. The van der Waals surface area contributed by atoms with E-state index in [2.05, 4.69) is 42.2 Å². The van der Waals surface area contributed by atoms with E-state index in [1.807, 2.05) is 12.1 Å². The lowest BCUT2D eigenvalue weighted by molar-refractivity contribution is 0.314. The lowest BCUT2D eigenvalue weighted by Gasteiger charge is -2.13. The normalized spacial score (nSPS) is 18.1. The van der Waals surface area contributed by atoms with Crippen molar-refractivity contribution in [1.29, 1.82) is 0 Å². The molecule has 0 spiro atoms. The van der Waals surface area contributed by atoms with Gasteiger partial charge in [0.05, 0.1) is 17.3 Å². The van der Waals surface area contributed by atoms with Crippen LogP contribution in [-0.2, 0) is 0 Å². The van der Waals surface area contributed by atoms with Crippen molar-refractivity contribution in [3.63, 3.8) is 0 Å². The van der Waals surface area contributed by atoms with Crippen LogP contribution >= 0.6 is 54.5 Å². The van der Waals surface area contributed by atoms with Crippen LogP contribution in [0.2, 0.25) is 0 Å². The summed E-state index contributed by atoms with van der Waals surface area (Å²) in [6.07, 6.45) is 0. The van der Waals surface area contributed by atoms with Crippen LogP contribution in [0.3, 0.4) is 0 Å². The Labute approximate surface area is 127 Å². The third kappa shape index (κ3) is 1.67. The molecule has 0 bridgehead atoms. The molecule has 0 aliphatic heterocycles. The van der Waals surface area contributed by atoms with Crippen LogP contribution in [0.15, 0.2) is 30.0 Å². The highest BCUT2D eigenvalue weighted by Gasteiger charge is 2.32. The third-order valence-electron chi connectivity index (χ3n) is 2.54. The van der Waals surface area contributed by atoms with Crippen molar-refractivity contribution in [2.45, 2.75) is 0 Å². The number of hydrogen-bond acceptors (Lipinski definition) is 6. The van der Waals surface area contributed by atoms with Crippen LogP contribution in [-0.4, -0.2) is 21.8 Å². The van der Waals surface area contributed by atoms with Crippen molar-refractivity contribution in [1.82, 2.24) is 0 Å². The van der Waals surface area contributed by atoms with Gasteiger partial charge in [-0.15, -0.1) is 22.7 Å². The van der Waals surface area contributed by atoms with Gasteiger partial charge in [0, 0.05) is 11.1 Å². The lowest BCUT2D eigenvalue weighted by atomic mass is 9.94. The van der Waals surface area contributed by atoms with E-state index in [1.165, 1.54) is 0 Å². The number of nitrogens with zero attached hydrogens (tertiary/aromatic N) is 2. The second-order valence-corrected chi connectivity index (χ2v) is 8.35. The highest BCUT2D eigenvalue weighted by atomic mass is 79.9. The van der Waals surface area contributed by atoms with Gasteiger partial charge in [-0.05, 0) is 44.0 Å². The maximum absolute atomic E-state index is 9.16. The van der Waals surface area contributed by atoms with Crippen molar-refractivity contribution in [3.05, 3.63) is 30.8 Å². The van der Waals surface area contributed by atoms with Gasteiger partial charge in [-0.2, -0.15) is 0 Å². The van der Waals surface area contributed by atoms with Crippen LogP contribution in [0.5, 0.6) is 0 Å². The molecular weight excluding hydrogens is 404 g/mol. The summed E-state index contributed by atoms with van der Waals surface area (Å²) in [4.78, 5) is 2.01. The average molecular weight is 408 g/mol. The molecule has 92 valence electrons. The summed E-state index contributed by atoms with van der Waals surface area (Å²) in [7, 11) is 0. The molecule has 2 aromatic heterocycles. The first-order valence-corrected chi connectivity index (χ1v) is 7.92. The number of fused-ring (bicyclic) bond motifs is 3. The van der Waals surface area contributed by atoms with Gasteiger partial charge in [0.15, 0.2) is 0 Å². The van der Waals surface area contributed by atoms with Crippen molar-refractivity contribution in [2.24, 2.45) is 10.3 Å². The Morgan fingerprint density at radius 2 is 1.22 bits per heavy atom. The van der Waals surface area contributed by atoms with Crippen LogP contribution in [0.1, 0.15) is 11.1 Å². The van der Waals surface area contributed by atoms with Gasteiger partial charge >= 0.3 is 0 Å². The van der Waals surface area contributed by atoms with Gasteiger partial charge in [0.2, 0.25) is 0 Å². The molecule has 1 aliphatic rings. The molecule has 1 aliphatic carbocycles.